The van der Waals surface area contributed by atoms with Crippen molar-refractivity contribution in [1.82, 2.24) is 0 Å². The van der Waals surface area contributed by atoms with Crippen LogP contribution < -0.4 is 4.46 Å². The van der Waals surface area contributed by atoms with E-state index in [-0.39, 0.29) is 38.3 Å². The SMILES string of the molecule is c1ccc(COC[C@H]2OC([Se]c3ccccc3)[C@H](OCc3ccccc3)[C@@H]2OCc2ccccc2)cc1. The standard InChI is InChI=1S/C32H32O4Se/c1-5-13-25(14-6-1)21-33-24-29-30(34-22-26-15-7-2-8-16-26)31(35-23-27-17-9-3-10-18-27)32(36-29)37-28-19-11-4-12-20-28/h1-20,29-32H,21-24H2/t29-,30-,31-,32?/m1/s1. The summed E-state index contributed by atoms with van der Waals surface area (Å²) >= 11 is 0.0607. The Morgan fingerprint density at radius 3 is 1.54 bits per heavy atom. The molecule has 1 aliphatic rings. The Morgan fingerprint density at radius 2 is 1.00 bits per heavy atom. The van der Waals surface area contributed by atoms with Crippen LogP contribution in [0.4, 0.5) is 0 Å². The van der Waals surface area contributed by atoms with Gasteiger partial charge in [-0.3, -0.25) is 0 Å². The Morgan fingerprint density at radius 1 is 0.541 bits per heavy atom. The summed E-state index contributed by atoms with van der Waals surface area (Å²) in [5.74, 6) is 0. The summed E-state index contributed by atoms with van der Waals surface area (Å²) in [7, 11) is 0. The molecule has 4 aromatic carbocycles. The minimum atomic E-state index is -0.240. The number of rotatable bonds is 12. The number of ether oxygens (including phenoxy) is 4. The Balaban J connectivity index is 1.33. The Bertz CT molecular complexity index is 1170. The van der Waals surface area contributed by atoms with Crippen molar-refractivity contribution in [3.8, 4) is 0 Å². The molecule has 0 aromatic heterocycles. The topological polar surface area (TPSA) is 36.9 Å². The first-order valence-corrected chi connectivity index (χ1v) is 14.5. The van der Waals surface area contributed by atoms with E-state index in [4.69, 9.17) is 18.9 Å². The molecule has 5 heteroatoms. The molecule has 0 radical (unpaired) electrons. The molecule has 4 aromatic rings. The molecule has 1 unspecified atom stereocenters. The van der Waals surface area contributed by atoms with E-state index in [1.54, 1.807) is 0 Å². The summed E-state index contributed by atoms with van der Waals surface area (Å²) in [5.41, 5.74) is 3.41. The van der Waals surface area contributed by atoms with Crippen LogP contribution >= 0.6 is 0 Å². The second kappa shape index (κ2) is 13.7. The molecule has 1 heterocycles. The van der Waals surface area contributed by atoms with Crippen molar-refractivity contribution < 1.29 is 18.9 Å². The van der Waals surface area contributed by atoms with E-state index in [1.165, 1.54) is 4.46 Å². The summed E-state index contributed by atoms with van der Waals surface area (Å²) in [5, 5.41) is -0.0790. The van der Waals surface area contributed by atoms with E-state index >= 15 is 0 Å². The fourth-order valence-corrected chi connectivity index (χ4v) is 6.74. The zero-order valence-corrected chi connectivity index (χ0v) is 22.4. The van der Waals surface area contributed by atoms with Gasteiger partial charge in [0.05, 0.1) is 0 Å². The summed E-state index contributed by atoms with van der Waals surface area (Å²) < 4.78 is 27.2. The van der Waals surface area contributed by atoms with E-state index in [9.17, 15) is 0 Å². The zero-order chi connectivity index (χ0) is 25.1. The van der Waals surface area contributed by atoms with Gasteiger partial charge in [0.25, 0.3) is 0 Å². The van der Waals surface area contributed by atoms with Crippen LogP contribution in [0.15, 0.2) is 121 Å². The van der Waals surface area contributed by atoms with E-state index in [2.05, 4.69) is 60.7 Å². The number of hydrogen-bond donors (Lipinski definition) is 0. The molecule has 37 heavy (non-hydrogen) atoms. The van der Waals surface area contributed by atoms with Crippen molar-refractivity contribution in [2.75, 3.05) is 6.61 Å². The monoisotopic (exact) mass is 560 g/mol. The summed E-state index contributed by atoms with van der Waals surface area (Å²) in [6.45, 7) is 2.00. The van der Waals surface area contributed by atoms with Gasteiger partial charge in [0.2, 0.25) is 0 Å². The third kappa shape index (κ3) is 7.62. The van der Waals surface area contributed by atoms with Crippen molar-refractivity contribution in [1.29, 1.82) is 0 Å². The van der Waals surface area contributed by atoms with Gasteiger partial charge < -0.3 is 0 Å². The van der Waals surface area contributed by atoms with Crippen LogP contribution in [0.2, 0.25) is 0 Å². The molecule has 1 saturated heterocycles. The van der Waals surface area contributed by atoms with Gasteiger partial charge in [0.15, 0.2) is 0 Å². The Labute approximate surface area is 225 Å². The number of hydrogen-bond acceptors (Lipinski definition) is 4. The zero-order valence-electron chi connectivity index (χ0n) is 20.7. The molecule has 1 fully saturated rings. The molecule has 190 valence electrons. The van der Waals surface area contributed by atoms with Crippen molar-refractivity contribution in [3.63, 3.8) is 0 Å². The van der Waals surface area contributed by atoms with E-state index in [0.29, 0.717) is 26.4 Å². The molecular formula is C32H32O4Se. The first-order valence-electron chi connectivity index (χ1n) is 12.6. The van der Waals surface area contributed by atoms with Gasteiger partial charge in [-0.25, -0.2) is 0 Å². The molecule has 0 spiro atoms. The molecule has 1 aliphatic heterocycles. The molecule has 0 N–H and O–H groups in total. The van der Waals surface area contributed by atoms with Gasteiger partial charge in [-0.2, -0.15) is 0 Å². The summed E-state index contributed by atoms with van der Waals surface area (Å²) in [6.07, 6.45) is -0.659. The normalized spacial score (nSPS) is 21.2. The van der Waals surface area contributed by atoms with E-state index in [0.717, 1.165) is 16.7 Å². The summed E-state index contributed by atoms with van der Waals surface area (Å²) in [6, 6.07) is 41.3. The molecule has 0 bridgehead atoms. The third-order valence-electron chi connectivity index (χ3n) is 6.23. The Hall–Kier alpha value is -2.76. The molecule has 0 amide bonds. The van der Waals surface area contributed by atoms with Gasteiger partial charge in [-0.15, -0.1) is 0 Å². The fraction of sp³-hybridized carbons (Fsp3) is 0.250. The molecule has 5 rings (SSSR count). The molecular weight excluding hydrogens is 527 g/mol. The van der Waals surface area contributed by atoms with Crippen LogP contribution in [-0.4, -0.2) is 44.9 Å². The maximum absolute atomic E-state index is 6.66. The second-order valence-electron chi connectivity index (χ2n) is 9.00. The van der Waals surface area contributed by atoms with Crippen molar-refractivity contribution in [2.24, 2.45) is 0 Å². The number of benzene rings is 4. The molecule has 4 atom stereocenters. The van der Waals surface area contributed by atoms with Crippen LogP contribution in [0.1, 0.15) is 16.7 Å². The summed E-state index contributed by atoms with van der Waals surface area (Å²) in [4.78, 5) is 0. The van der Waals surface area contributed by atoms with Crippen LogP contribution in [0, 0.1) is 0 Å². The first-order chi connectivity index (χ1) is 18.3. The van der Waals surface area contributed by atoms with Crippen molar-refractivity contribution in [2.45, 2.75) is 43.1 Å². The van der Waals surface area contributed by atoms with Gasteiger partial charge in [0, 0.05) is 0 Å². The van der Waals surface area contributed by atoms with Crippen molar-refractivity contribution in [3.05, 3.63) is 138 Å². The van der Waals surface area contributed by atoms with Gasteiger partial charge in [0.1, 0.15) is 0 Å². The predicted molar refractivity (Wildman–Crippen MR) is 147 cm³/mol. The van der Waals surface area contributed by atoms with E-state index < -0.39 is 0 Å². The van der Waals surface area contributed by atoms with Gasteiger partial charge in [-0.05, 0) is 0 Å². The average Bonchev–Trinajstić information content (AvgIpc) is 3.28. The van der Waals surface area contributed by atoms with Crippen LogP contribution in [0.3, 0.4) is 0 Å². The van der Waals surface area contributed by atoms with Crippen LogP contribution in [0.25, 0.3) is 0 Å². The van der Waals surface area contributed by atoms with Crippen LogP contribution in [-0.2, 0) is 38.8 Å². The van der Waals surface area contributed by atoms with Crippen molar-refractivity contribution >= 4 is 19.4 Å². The average molecular weight is 560 g/mol. The maximum atomic E-state index is 6.66. The van der Waals surface area contributed by atoms with E-state index in [1.807, 2.05) is 60.7 Å². The first kappa shape index (κ1) is 25.9. The predicted octanol–water partition coefficient (Wildman–Crippen LogP) is 5.13. The van der Waals surface area contributed by atoms with Gasteiger partial charge in [-0.1, -0.05) is 0 Å². The molecule has 0 aliphatic carbocycles. The second-order valence-corrected chi connectivity index (χ2v) is 11.5. The third-order valence-corrected chi connectivity index (χ3v) is 8.65. The Kier molecular flexibility index (Phi) is 9.57. The molecule has 4 nitrogen and oxygen atoms in total. The minimum absolute atomic E-state index is 0.0607. The fourth-order valence-electron chi connectivity index (χ4n) is 4.33. The van der Waals surface area contributed by atoms with Crippen LogP contribution in [0.5, 0.6) is 0 Å². The quantitative estimate of drug-likeness (QED) is 0.226. The molecule has 0 saturated carbocycles. The van der Waals surface area contributed by atoms with Gasteiger partial charge >= 0.3 is 226 Å².